The molecule has 0 heterocycles. The van der Waals surface area contributed by atoms with E-state index in [9.17, 15) is 4.79 Å². The van der Waals surface area contributed by atoms with Crippen LogP contribution in [0, 0.1) is 0 Å². The summed E-state index contributed by atoms with van der Waals surface area (Å²) in [4.78, 5) is 12.0. The van der Waals surface area contributed by atoms with Crippen molar-refractivity contribution in [1.29, 1.82) is 0 Å². The monoisotopic (exact) mass is 286 g/mol. The Bertz CT molecular complexity index is 615. The van der Waals surface area contributed by atoms with Crippen LogP contribution in [0.5, 0.6) is 5.75 Å². The molecular formula is C17H15ClO2. The zero-order chi connectivity index (χ0) is 14.4. The van der Waals surface area contributed by atoms with Gasteiger partial charge in [0.05, 0.1) is 6.61 Å². The second-order valence-electron chi connectivity index (χ2n) is 4.18. The normalized spacial score (nSPS) is 10.7. The van der Waals surface area contributed by atoms with Gasteiger partial charge in [0.1, 0.15) is 5.75 Å². The number of ketones is 1. The SMILES string of the molecule is CCOc1ccc(C(=O)/C=C/c2ccccc2Cl)cc1. The van der Waals surface area contributed by atoms with Crippen LogP contribution in [0.3, 0.4) is 0 Å². The first kappa shape index (κ1) is 14.4. The van der Waals surface area contributed by atoms with Gasteiger partial charge >= 0.3 is 0 Å². The number of hydrogen-bond donors (Lipinski definition) is 0. The van der Waals surface area contributed by atoms with E-state index in [1.165, 1.54) is 6.08 Å². The summed E-state index contributed by atoms with van der Waals surface area (Å²) in [5.74, 6) is 0.701. The molecule has 0 aliphatic heterocycles. The molecule has 0 saturated heterocycles. The first-order valence-electron chi connectivity index (χ1n) is 6.40. The van der Waals surface area contributed by atoms with Crippen LogP contribution in [0.1, 0.15) is 22.8 Å². The Hall–Kier alpha value is -2.06. The highest BCUT2D eigenvalue weighted by molar-refractivity contribution is 6.32. The maximum atomic E-state index is 12.0. The summed E-state index contributed by atoms with van der Waals surface area (Å²) >= 11 is 6.03. The molecule has 20 heavy (non-hydrogen) atoms. The lowest BCUT2D eigenvalue weighted by Gasteiger charge is -2.03. The standard InChI is InChI=1S/C17H15ClO2/c1-2-20-15-10-7-14(8-11-15)17(19)12-9-13-5-3-4-6-16(13)18/h3-12H,2H2,1H3/b12-9+. The number of ether oxygens (including phenoxy) is 1. The minimum Gasteiger partial charge on any atom is -0.494 e. The molecule has 0 aromatic heterocycles. The average Bonchev–Trinajstić information content (AvgIpc) is 2.47. The van der Waals surface area contributed by atoms with Crippen molar-refractivity contribution in [2.45, 2.75) is 6.92 Å². The highest BCUT2D eigenvalue weighted by atomic mass is 35.5. The summed E-state index contributed by atoms with van der Waals surface area (Å²) in [6.07, 6.45) is 3.25. The Morgan fingerprint density at radius 2 is 1.85 bits per heavy atom. The van der Waals surface area contributed by atoms with E-state index in [0.29, 0.717) is 17.2 Å². The maximum Gasteiger partial charge on any atom is 0.185 e. The van der Waals surface area contributed by atoms with E-state index < -0.39 is 0 Å². The van der Waals surface area contributed by atoms with Crippen LogP contribution in [-0.4, -0.2) is 12.4 Å². The zero-order valence-corrected chi connectivity index (χ0v) is 11.9. The van der Waals surface area contributed by atoms with Crippen molar-refractivity contribution in [1.82, 2.24) is 0 Å². The molecular weight excluding hydrogens is 272 g/mol. The quantitative estimate of drug-likeness (QED) is 0.591. The second-order valence-corrected chi connectivity index (χ2v) is 4.58. The molecule has 0 saturated carbocycles. The van der Waals surface area contributed by atoms with Crippen molar-refractivity contribution < 1.29 is 9.53 Å². The van der Waals surface area contributed by atoms with Crippen LogP contribution in [0.25, 0.3) is 6.08 Å². The molecule has 0 bridgehead atoms. The van der Waals surface area contributed by atoms with Crippen LogP contribution in [0.15, 0.2) is 54.6 Å². The van der Waals surface area contributed by atoms with E-state index in [4.69, 9.17) is 16.3 Å². The van der Waals surface area contributed by atoms with Crippen LogP contribution in [0.2, 0.25) is 5.02 Å². The van der Waals surface area contributed by atoms with Gasteiger partial charge in [0.15, 0.2) is 5.78 Å². The average molecular weight is 287 g/mol. The van der Waals surface area contributed by atoms with Crippen LogP contribution < -0.4 is 4.74 Å². The Morgan fingerprint density at radius 3 is 2.50 bits per heavy atom. The molecule has 2 aromatic rings. The molecule has 0 N–H and O–H groups in total. The van der Waals surface area contributed by atoms with Crippen molar-refractivity contribution >= 4 is 23.5 Å². The summed E-state index contributed by atoms with van der Waals surface area (Å²) < 4.78 is 5.34. The Morgan fingerprint density at radius 1 is 1.15 bits per heavy atom. The molecule has 0 atom stereocenters. The van der Waals surface area contributed by atoms with Crippen LogP contribution >= 0.6 is 11.6 Å². The molecule has 2 nitrogen and oxygen atoms in total. The zero-order valence-electron chi connectivity index (χ0n) is 11.2. The van der Waals surface area contributed by atoms with Gasteiger partial charge in [0, 0.05) is 10.6 Å². The molecule has 0 fully saturated rings. The fourth-order valence-corrected chi connectivity index (χ4v) is 1.95. The van der Waals surface area contributed by atoms with Gasteiger partial charge in [-0.25, -0.2) is 0 Å². The number of rotatable bonds is 5. The predicted octanol–water partition coefficient (Wildman–Crippen LogP) is 4.63. The largest absolute Gasteiger partial charge is 0.494 e. The summed E-state index contributed by atoms with van der Waals surface area (Å²) in [7, 11) is 0. The van der Waals surface area contributed by atoms with Crippen molar-refractivity contribution in [2.24, 2.45) is 0 Å². The van der Waals surface area contributed by atoms with Gasteiger partial charge in [-0.2, -0.15) is 0 Å². The van der Waals surface area contributed by atoms with Gasteiger partial charge in [-0.15, -0.1) is 0 Å². The molecule has 0 radical (unpaired) electrons. The van der Waals surface area contributed by atoms with Gasteiger partial charge < -0.3 is 4.74 Å². The van der Waals surface area contributed by atoms with Gasteiger partial charge in [-0.1, -0.05) is 29.8 Å². The second kappa shape index (κ2) is 6.92. The third-order valence-electron chi connectivity index (χ3n) is 2.77. The van der Waals surface area contributed by atoms with E-state index in [-0.39, 0.29) is 5.78 Å². The van der Waals surface area contributed by atoms with Crippen molar-refractivity contribution in [2.75, 3.05) is 6.61 Å². The first-order chi connectivity index (χ1) is 9.70. The van der Waals surface area contributed by atoms with Gasteiger partial charge in [-0.3, -0.25) is 4.79 Å². The minimum atomic E-state index is -0.0621. The van der Waals surface area contributed by atoms with E-state index in [1.807, 2.05) is 25.1 Å². The first-order valence-corrected chi connectivity index (χ1v) is 6.78. The summed E-state index contributed by atoms with van der Waals surface area (Å²) in [5, 5.41) is 0.628. The number of carbonyl (C=O) groups excluding carboxylic acids is 1. The Balaban J connectivity index is 2.10. The van der Waals surface area contributed by atoms with Crippen molar-refractivity contribution in [3.63, 3.8) is 0 Å². The minimum absolute atomic E-state index is 0.0621. The molecule has 0 amide bonds. The topological polar surface area (TPSA) is 26.3 Å². The van der Waals surface area contributed by atoms with E-state index >= 15 is 0 Å². The molecule has 0 unspecified atom stereocenters. The number of carbonyl (C=O) groups is 1. The maximum absolute atomic E-state index is 12.0. The third kappa shape index (κ3) is 3.72. The summed E-state index contributed by atoms with van der Waals surface area (Å²) in [6.45, 7) is 2.53. The predicted molar refractivity (Wildman–Crippen MR) is 82.4 cm³/mol. The summed E-state index contributed by atoms with van der Waals surface area (Å²) in [5.41, 5.74) is 1.45. The van der Waals surface area contributed by atoms with Gasteiger partial charge in [-0.05, 0) is 55.0 Å². The van der Waals surface area contributed by atoms with Gasteiger partial charge in [0.2, 0.25) is 0 Å². The van der Waals surface area contributed by atoms with E-state index in [2.05, 4.69) is 0 Å². The Kier molecular flexibility index (Phi) is 4.97. The Labute approximate surface area is 123 Å². The van der Waals surface area contributed by atoms with Crippen LogP contribution in [0.4, 0.5) is 0 Å². The fourth-order valence-electron chi connectivity index (χ4n) is 1.75. The summed E-state index contributed by atoms with van der Waals surface area (Å²) in [6, 6.07) is 14.5. The molecule has 2 rings (SSSR count). The lowest BCUT2D eigenvalue weighted by Crippen LogP contribution is -1.95. The molecule has 3 heteroatoms. The number of allylic oxidation sites excluding steroid dienone is 1. The van der Waals surface area contributed by atoms with E-state index in [0.717, 1.165) is 11.3 Å². The highest BCUT2D eigenvalue weighted by Gasteiger charge is 2.02. The number of benzene rings is 2. The van der Waals surface area contributed by atoms with E-state index in [1.54, 1.807) is 36.4 Å². The van der Waals surface area contributed by atoms with Crippen molar-refractivity contribution in [3.05, 3.63) is 70.8 Å². The highest BCUT2D eigenvalue weighted by Crippen LogP contribution is 2.17. The molecule has 0 aliphatic rings. The molecule has 0 aliphatic carbocycles. The number of hydrogen-bond acceptors (Lipinski definition) is 2. The lowest BCUT2D eigenvalue weighted by molar-refractivity contribution is 0.104. The lowest BCUT2D eigenvalue weighted by atomic mass is 10.1. The van der Waals surface area contributed by atoms with Crippen molar-refractivity contribution in [3.8, 4) is 5.75 Å². The van der Waals surface area contributed by atoms with Gasteiger partial charge in [0.25, 0.3) is 0 Å². The molecule has 102 valence electrons. The molecule has 0 spiro atoms. The third-order valence-corrected chi connectivity index (χ3v) is 3.11. The fraction of sp³-hybridized carbons (Fsp3) is 0.118. The van der Waals surface area contributed by atoms with Crippen LogP contribution in [-0.2, 0) is 0 Å². The number of halogens is 1. The molecule has 2 aromatic carbocycles. The smallest absolute Gasteiger partial charge is 0.185 e.